The number of hydrogen-bond donors (Lipinski definition) is 1. The van der Waals surface area contributed by atoms with Crippen LogP contribution >= 0.6 is 0 Å². The average Bonchev–Trinajstić information content (AvgIpc) is 3.24. The molecule has 1 aromatic carbocycles. The Hall–Kier alpha value is -4.27. The lowest BCUT2D eigenvalue weighted by atomic mass is 9.78. The van der Waals surface area contributed by atoms with E-state index in [4.69, 9.17) is 5.73 Å². The summed E-state index contributed by atoms with van der Waals surface area (Å²) >= 11 is 0. The summed E-state index contributed by atoms with van der Waals surface area (Å²) in [5, 5.41) is 9.34. The van der Waals surface area contributed by atoms with Crippen LogP contribution in [0.5, 0.6) is 5.75 Å². The van der Waals surface area contributed by atoms with E-state index in [1.165, 1.54) is 29.8 Å². The molecule has 1 spiro atoms. The molecule has 1 amide bonds. The first-order chi connectivity index (χ1) is 17.0. The van der Waals surface area contributed by atoms with Crippen LogP contribution in [0.25, 0.3) is 11.0 Å². The fourth-order valence-corrected chi connectivity index (χ4v) is 5.17. The zero-order valence-electron chi connectivity index (χ0n) is 19.2. The van der Waals surface area contributed by atoms with Gasteiger partial charge in [-0.3, -0.25) is 9.59 Å². The highest BCUT2D eigenvalue weighted by molar-refractivity contribution is 6.05. The highest BCUT2D eigenvalue weighted by Gasteiger charge is 2.48. The number of nitriles is 1. The minimum Gasteiger partial charge on any atom is -0.406 e. The fraction of sp³-hybridized carbons (Fsp3) is 0.333. The minimum absolute atomic E-state index is 0.143. The van der Waals surface area contributed by atoms with Crippen molar-refractivity contribution in [3.05, 3.63) is 58.0 Å². The van der Waals surface area contributed by atoms with Gasteiger partial charge in [0.15, 0.2) is 0 Å². The normalized spacial score (nSPS) is 16.8. The third-order valence-electron chi connectivity index (χ3n) is 6.82. The summed E-state index contributed by atoms with van der Waals surface area (Å²) in [5.41, 5.74) is 6.87. The molecular weight excluding hydrogens is 477 g/mol. The number of nitrogens with two attached hydrogens (primary N) is 1. The summed E-state index contributed by atoms with van der Waals surface area (Å²) in [6.45, 7) is 2.37. The molecule has 2 fully saturated rings. The number of hydrogen-bond acceptors (Lipinski definition) is 7. The van der Waals surface area contributed by atoms with Gasteiger partial charge in [-0.15, -0.1) is 13.2 Å². The van der Waals surface area contributed by atoms with E-state index in [0.717, 1.165) is 12.1 Å². The van der Waals surface area contributed by atoms with Crippen LogP contribution in [0.3, 0.4) is 0 Å². The number of carbonyl (C=O) groups is 1. The van der Waals surface area contributed by atoms with Crippen molar-refractivity contribution in [2.24, 2.45) is 18.2 Å². The van der Waals surface area contributed by atoms with Crippen LogP contribution in [0.2, 0.25) is 0 Å². The molecular formula is C24H21F3N6O3. The van der Waals surface area contributed by atoms with Gasteiger partial charge in [-0.25, -0.2) is 4.98 Å². The van der Waals surface area contributed by atoms with Gasteiger partial charge < -0.3 is 24.8 Å². The topological polar surface area (TPSA) is 117 Å². The van der Waals surface area contributed by atoms with E-state index >= 15 is 0 Å². The van der Waals surface area contributed by atoms with Gasteiger partial charge in [0, 0.05) is 44.3 Å². The van der Waals surface area contributed by atoms with Crippen molar-refractivity contribution < 1.29 is 22.7 Å². The smallest absolute Gasteiger partial charge is 0.406 e. The van der Waals surface area contributed by atoms with Crippen molar-refractivity contribution >= 4 is 28.3 Å². The second-order valence-electron chi connectivity index (χ2n) is 9.20. The molecule has 3 aromatic rings. The predicted octanol–water partition coefficient (Wildman–Crippen LogP) is 2.52. The number of nitrogens with zero attached hydrogens (tertiary/aromatic N) is 5. The first-order valence-corrected chi connectivity index (χ1v) is 11.1. The van der Waals surface area contributed by atoms with E-state index in [2.05, 4.69) is 9.72 Å². The van der Waals surface area contributed by atoms with Gasteiger partial charge in [0.2, 0.25) is 0 Å². The lowest BCUT2D eigenvalue weighted by Crippen LogP contribution is -2.57. The van der Waals surface area contributed by atoms with Crippen molar-refractivity contribution in [2.45, 2.75) is 12.8 Å². The number of primary amides is 1. The number of fused-ring (bicyclic) bond motifs is 1. The number of rotatable bonds is 4. The molecule has 0 saturated carbocycles. The van der Waals surface area contributed by atoms with Crippen molar-refractivity contribution in [2.75, 3.05) is 36.0 Å². The highest BCUT2D eigenvalue weighted by Crippen LogP contribution is 2.44. The molecule has 0 radical (unpaired) electrons. The number of carbonyl (C=O) groups excluding carboxylic acids is 1. The average molecular weight is 498 g/mol. The number of aryl methyl sites for hydroxylation is 1. The van der Waals surface area contributed by atoms with Gasteiger partial charge in [0.1, 0.15) is 28.6 Å². The van der Waals surface area contributed by atoms with E-state index in [0.29, 0.717) is 42.9 Å². The molecule has 186 valence electrons. The van der Waals surface area contributed by atoms with Gasteiger partial charge in [-0.2, -0.15) is 5.26 Å². The summed E-state index contributed by atoms with van der Waals surface area (Å²) in [7, 11) is 1.52. The van der Waals surface area contributed by atoms with E-state index in [1.54, 1.807) is 18.2 Å². The number of halogens is 3. The Morgan fingerprint density at radius 1 is 1.14 bits per heavy atom. The summed E-state index contributed by atoms with van der Waals surface area (Å²) in [6.07, 6.45) is -3.98. The molecule has 0 aliphatic carbocycles. The maximum atomic E-state index is 13.0. The molecule has 2 aliphatic heterocycles. The Balaban J connectivity index is 1.42. The van der Waals surface area contributed by atoms with E-state index in [-0.39, 0.29) is 22.4 Å². The van der Waals surface area contributed by atoms with Gasteiger partial charge in [0.05, 0.1) is 11.2 Å². The third kappa shape index (κ3) is 3.96. The van der Waals surface area contributed by atoms with Crippen molar-refractivity contribution in [3.63, 3.8) is 0 Å². The number of pyridine rings is 2. The van der Waals surface area contributed by atoms with Crippen LogP contribution in [0.1, 0.15) is 22.5 Å². The Morgan fingerprint density at radius 2 is 1.81 bits per heavy atom. The molecule has 2 saturated heterocycles. The molecule has 0 unspecified atom stereocenters. The maximum absolute atomic E-state index is 13.0. The van der Waals surface area contributed by atoms with Crippen LogP contribution < -0.4 is 25.8 Å². The Bertz CT molecular complexity index is 1470. The number of alkyl halides is 3. The van der Waals surface area contributed by atoms with Crippen LogP contribution in [0.4, 0.5) is 24.5 Å². The molecule has 5 rings (SSSR count). The molecule has 12 heteroatoms. The molecule has 2 aliphatic rings. The summed E-state index contributed by atoms with van der Waals surface area (Å²) < 4.78 is 42.5. The molecule has 0 atom stereocenters. The summed E-state index contributed by atoms with van der Waals surface area (Å²) in [6, 6.07) is 10.8. The Morgan fingerprint density at radius 3 is 2.42 bits per heavy atom. The van der Waals surface area contributed by atoms with Crippen LogP contribution in [0.15, 0.2) is 41.2 Å². The maximum Gasteiger partial charge on any atom is 0.573 e. The van der Waals surface area contributed by atoms with E-state index < -0.39 is 17.8 Å². The lowest BCUT2D eigenvalue weighted by molar-refractivity contribution is -0.274. The predicted molar refractivity (Wildman–Crippen MR) is 125 cm³/mol. The molecule has 2 N–H and O–H groups in total. The van der Waals surface area contributed by atoms with Gasteiger partial charge in [0.25, 0.3) is 11.5 Å². The van der Waals surface area contributed by atoms with E-state index in [9.17, 15) is 28.0 Å². The lowest BCUT2D eigenvalue weighted by Gasteiger charge is -2.49. The molecule has 0 bridgehead atoms. The van der Waals surface area contributed by atoms with Crippen molar-refractivity contribution in [1.29, 1.82) is 5.26 Å². The highest BCUT2D eigenvalue weighted by atomic mass is 19.4. The first-order valence-electron chi connectivity index (χ1n) is 11.1. The molecule has 9 nitrogen and oxygen atoms in total. The van der Waals surface area contributed by atoms with Crippen LogP contribution in [-0.4, -0.2) is 48.0 Å². The SMILES string of the molecule is Cn1c(=O)c(C(N)=O)c(N2CCC3(CN(c4ccc(OC(F)(F)F)cc4)C3)C2)c2nc(C#N)ccc21. The Labute approximate surface area is 203 Å². The Kier molecular flexibility index (Phi) is 5.31. The minimum atomic E-state index is -4.75. The fourth-order valence-electron chi connectivity index (χ4n) is 5.17. The monoisotopic (exact) mass is 498 g/mol. The second kappa shape index (κ2) is 8.15. The summed E-state index contributed by atoms with van der Waals surface area (Å²) in [4.78, 5) is 33.7. The molecule has 36 heavy (non-hydrogen) atoms. The molecule has 2 aromatic heterocycles. The van der Waals surface area contributed by atoms with Crippen molar-refractivity contribution in [1.82, 2.24) is 9.55 Å². The van der Waals surface area contributed by atoms with Gasteiger partial charge >= 0.3 is 6.36 Å². The zero-order valence-corrected chi connectivity index (χ0v) is 19.2. The summed E-state index contributed by atoms with van der Waals surface area (Å²) in [5.74, 6) is -1.15. The van der Waals surface area contributed by atoms with Crippen LogP contribution in [-0.2, 0) is 7.05 Å². The first kappa shape index (κ1) is 23.5. The zero-order chi connectivity index (χ0) is 25.8. The third-order valence-corrected chi connectivity index (χ3v) is 6.82. The molecule has 4 heterocycles. The van der Waals surface area contributed by atoms with Crippen LogP contribution in [0, 0.1) is 16.7 Å². The van der Waals surface area contributed by atoms with Crippen molar-refractivity contribution in [3.8, 4) is 11.8 Å². The number of benzene rings is 1. The van der Waals surface area contributed by atoms with Gasteiger partial charge in [-0.1, -0.05) is 0 Å². The number of anilines is 2. The number of amides is 1. The standard InChI is InChI=1S/C24H21F3N6O3/c1-31-17-7-2-14(10-28)30-19(17)20(18(21(29)34)22(31)35)32-9-8-23(11-32)12-33(13-23)15-3-5-16(6-4-15)36-24(25,26)27/h2-7H,8-9,11-13H2,1H3,(H2,29,34). The van der Waals surface area contributed by atoms with E-state index in [1.807, 2.05) is 15.9 Å². The second-order valence-corrected chi connectivity index (χ2v) is 9.20. The number of aromatic nitrogens is 2. The largest absolute Gasteiger partial charge is 0.573 e. The number of ether oxygens (including phenoxy) is 1. The quantitative estimate of drug-likeness (QED) is 0.587. The van der Waals surface area contributed by atoms with Gasteiger partial charge in [-0.05, 0) is 42.8 Å².